The number of aromatic nitrogens is 1. The van der Waals surface area contributed by atoms with Crippen molar-refractivity contribution >= 4 is 11.8 Å². The Morgan fingerprint density at radius 1 is 1.13 bits per heavy atom. The van der Waals surface area contributed by atoms with Crippen LogP contribution < -0.4 is 0 Å². The molecule has 3 rings (SSSR count). The van der Waals surface area contributed by atoms with Gasteiger partial charge < -0.3 is 14.3 Å². The van der Waals surface area contributed by atoms with Gasteiger partial charge in [0, 0.05) is 31.7 Å². The molecule has 0 aromatic carbocycles. The first-order chi connectivity index (χ1) is 11.1. The number of hydrogen-bond acceptors (Lipinski definition) is 4. The highest BCUT2D eigenvalue weighted by molar-refractivity contribution is 5.83. The molecule has 2 aliphatic heterocycles. The zero-order valence-electron chi connectivity index (χ0n) is 14.0. The predicted octanol–water partition coefficient (Wildman–Crippen LogP) is 1.69. The fraction of sp³-hybridized carbons (Fsp3) is 0.706. The lowest BCUT2D eigenvalue weighted by atomic mass is 10.0. The second kappa shape index (κ2) is 6.72. The van der Waals surface area contributed by atoms with Crippen molar-refractivity contribution in [2.24, 2.45) is 5.92 Å². The summed E-state index contributed by atoms with van der Waals surface area (Å²) in [4.78, 5) is 28.9. The molecule has 6 heteroatoms. The van der Waals surface area contributed by atoms with Gasteiger partial charge in [0.15, 0.2) is 0 Å². The van der Waals surface area contributed by atoms with Crippen LogP contribution in [0.2, 0.25) is 0 Å². The highest BCUT2D eigenvalue weighted by atomic mass is 16.5. The number of carbonyl (C=O) groups excluding carboxylic acids is 2. The maximum Gasteiger partial charge on any atom is 0.227 e. The summed E-state index contributed by atoms with van der Waals surface area (Å²) >= 11 is 0. The van der Waals surface area contributed by atoms with E-state index in [1.54, 1.807) is 0 Å². The van der Waals surface area contributed by atoms with E-state index < -0.39 is 0 Å². The van der Waals surface area contributed by atoms with Crippen molar-refractivity contribution in [3.05, 3.63) is 17.0 Å². The third-order valence-corrected chi connectivity index (χ3v) is 5.07. The summed E-state index contributed by atoms with van der Waals surface area (Å²) in [6.07, 6.45) is 4.52. The molecule has 23 heavy (non-hydrogen) atoms. The van der Waals surface area contributed by atoms with Gasteiger partial charge in [0.05, 0.1) is 18.0 Å². The third kappa shape index (κ3) is 3.41. The molecule has 0 bridgehead atoms. The number of likely N-dealkylation sites (tertiary alicyclic amines) is 2. The number of aryl methyl sites for hydroxylation is 2. The van der Waals surface area contributed by atoms with Crippen LogP contribution in [0.15, 0.2) is 4.52 Å². The second-order valence-corrected chi connectivity index (χ2v) is 6.69. The van der Waals surface area contributed by atoms with Crippen molar-refractivity contribution in [2.45, 2.75) is 46.0 Å². The maximum absolute atomic E-state index is 12.6. The van der Waals surface area contributed by atoms with Gasteiger partial charge in [0.2, 0.25) is 11.8 Å². The molecule has 126 valence electrons. The highest BCUT2D eigenvalue weighted by Crippen LogP contribution is 2.23. The van der Waals surface area contributed by atoms with E-state index in [9.17, 15) is 9.59 Å². The van der Waals surface area contributed by atoms with Gasteiger partial charge in [0.1, 0.15) is 5.76 Å². The average Bonchev–Trinajstić information content (AvgIpc) is 3.17. The molecule has 1 atom stereocenters. The Morgan fingerprint density at radius 2 is 1.87 bits per heavy atom. The minimum Gasteiger partial charge on any atom is -0.361 e. The van der Waals surface area contributed by atoms with Crippen molar-refractivity contribution in [1.29, 1.82) is 0 Å². The number of amides is 2. The van der Waals surface area contributed by atoms with Gasteiger partial charge in [-0.3, -0.25) is 9.59 Å². The van der Waals surface area contributed by atoms with Crippen LogP contribution in [-0.4, -0.2) is 52.9 Å². The van der Waals surface area contributed by atoms with Gasteiger partial charge in [-0.2, -0.15) is 0 Å². The van der Waals surface area contributed by atoms with Gasteiger partial charge in [-0.15, -0.1) is 0 Å². The van der Waals surface area contributed by atoms with Crippen molar-refractivity contribution in [2.75, 3.05) is 26.2 Å². The van der Waals surface area contributed by atoms with Crippen LogP contribution in [0, 0.1) is 19.8 Å². The van der Waals surface area contributed by atoms with Crippen LogP contribution in [0.4, 0.5) is 0 Å². The first-order valence-electron chi connectivity index (χ1n) is 8.54. The monoisotopic (exact) mass is 319 g/mol. The van der Waals surface area contributed by atoms with Crippen molar-refractivity contribution in [3.63, 3.8) is 0 Å². The van der Waals surface area contributed by atoms with Crippen molar-refractivity contribution < 1.29 is 14.1 Å². The average molecular weight is 319 g/mol. The lowest BCUT2D eigenvalue weighted by Crippen LogP contribution is -2.41. The van der Waals surface area contributed by atoms with Crippen LogP contribution in [0.3, 0.4) is 0 Å². The molecule has 2 fully saturated rings. The Hall–Kier alpha value is -1.85. The number of rotatable bonds is 3. The first kappa shape index (κ1) is 16.0. The predicted molar refractivity (Wildman–Crippen MR) is 84.8 cm³/mol. The van der Waals surface area contributed by atoms with E-state index in [4.69, 9.17) is 4.52 Å². The molecule has 0 N–H and O–H groups in total. The standard InChI is InChI=1S/C17H25N3O3/c1-12-15(13(2)23-18-12)10-16(21)20-9-6-14(11-20)17(22)19-7-4-3-5-8-19/h14H,3-11H2,1-2H3/t14-/m1/s1. The molecule has 6 nitrogen and oxygen atoms in total. The van der Waals surface area contributed by atoms with Gasteiger partial charge in [-0.05, 0) is 39.5 Å². The number of nitrogens with zero attached hydrogens (tertiary/aromatic N) is 3. The Balaban J connectivity index is 1.56. The lowest BCUT2D eigenvalue weighted by Gasteiger charge is -2.29. The molecule has 2 aliphatic rings. The van der Waals surface area contributed by atoms with Gasteiger partial charge in [0.25, 0.3) is 0 Å². The second-order valence-electron chi connectivity index (χ2n) is 6.69. The summed E-state index contributed by atoms with van der Waals surface area (Å²) in [6, 6.07) is 0. The largest absolute Gasteiger partial charge is 0.361 e. The molecule has 0 radical (unpaired) electrons. The molecule has 1 aromatic heterocycles. The Labute approximate surface area is 136 Å². The van der Waals surface area contributed by atoms with E-state index >= 15 is 0 Å². The minimum atomic E-state index is -0.0262. The maximum atomic E-state index is 12.6. The fourth-order valence-electron chi connectivity index (χ4n) is 3.58. The summed E-state index contributed by atoms with van der Waals surface area (Å²) in [5.74, 6) is 0.975. The first-order valence-corrected chi connectivity index (χ1v) is 8.54. The topological polar surface area (TPSA) is 66.7 Å². The Kier molecular flexibility index (Phi) is 4.68. The zero-order valence-corrected chi connectivity index (χ0v) is 14.0. The molecule has 0 aliphatic carbocycles. The molecule has 2 saturated heterocycles. The summed E-state index contributed by atoms with van der Waals surface area (Å²) in [5.41, 5.74) is 1.65. The van der Waals surface area contributed by atoms with Crippen LogP contribution in [0.25, 0.3) is 0 Å². The Morgan fingerprint density at radius 3 is 2.52 bits per heavy atom. The third-order valence-electron chi connectivity index (χ3n) is 5.07. The number of hydrogen-bond donors (Lipinski definition) is 0. The van der Waals surface area contributed by atoms with Crippen LogP contribution in [-0.2, 0) is 16.0 Å². The quantitative estimate of drug-likeness (QED) is 0.850. The van der Waals surface area contributed by atoms with Gasteiger partial charge in [-0.25, -0.2) is 0 Å². The van der Waals surface area contributed by atoms with Crippen LogP contribution >= 0.6 is 0 Å². The molecule has 0 unspecified atom stereocenters. The van der Waals surface area contributed by atoms with Gasteiger partial charge >= 0.3 is 0 Å². The summed E-state index contributed by atoms with van der Waals surface area (Å²) in [6.45, 7) is 6.66. The van der Waals surface area contributed by atoms with E-state index in [1.165, 1.54) is 6.42 Å². The van der Waals surface area contributed by atoms with Crippen LogP contribution in [0.5, 0.6) is 0 Å². The molecule has 1 aromatic rings. The lowest BCUT2D eigenvalue weighted by molar-refractivity contribution is -0.136. The van der Waals surface area contributed by atoms with E-state index in [1.807, 2.05) is 23.6 Å². The normalized spacial score (nSPS) is 21.7. The Bertz CT molecular complexity index is 570. The fourth-order valence-corrected chi connectivity index (χ4v) is 3.58. The zero-order chi connectivity index (χ0) is 16.4. The summed E-state index contributed by atoms with van der Waals surface area (Å²) in [7, 11) is 0. The molecule has 0 spiro atoms. The molecule has 3 heterocycles. The van der Waals surface area contributed by atoms with E-state index in [0.29, 0.717) is 25.3 Å². The van der Waals surface area contributed by atoms with Crippen LogP contribution in [0.1, 0.15) is 42.7 Å². The summed E-state index contributed by atoms with van der Waals surface area (Å²) < 4.78 is 5.12. The van der Waals surface area contributed by atoms with Gasteiger partial charge in [-0.1, -0.05) is 5.16 Å². The SMILES string of the molecule is Cc1noc(C)c1CC(=O)N1CC[C@@H](C(=O)N2CCCCC2)C1. The smallest absolute Gasteiger partial charge is 0.227 e. The number of carbonyl (C=O) groups is 2. The molecule has 0 saturated carbocycles. The highest BCUT2D eigenvalue weighted by Gasteiger charge is 2.34. The van der Waals surface area contributed by atoms with E-state index in [-0.39, 0.29) is 17.7 Å². The van der Waals surface area contributed by atoms with Crippen molar-refractivity contribution in [3.8, 4) is 0 Å². The van der Waals surface area contributed by atoms with E-state index in [2.05, 4.69) is 5.16 Å². The summed E-state index contributed by atoms with van der Waals surface area (Å²) in [5, 5.41) is 3.89. The van der Waals surface area contributed by atoms with E-state index in [0.717, 1.165) is 43.6 Å². The molecule has 2 amide bonds. The van der Waals surface area contributed by atoms with Crippen molar-refractivity contribution in [1.82, 2.24) is 15.0 Å². The molecular formula is C17H25N3O3. The molecular weight excluding hydrogens is 294 g/mol. The number of piperidine rings is 1. The minimum absolute atomic E-state index is 0.0262.